The van der Waals surface area contributed by atoms with Crippen molar-refractivity contribution in [3.05, 3.63) is 77.2 Å². The Morgan fingerprint density at radius 3 is 2.60 bits per heavy atom. The van der Waals surface area contributed by atoms with Crippen LogP contribution in [0.25, 0.3) is 0 Å². The zero-order valence-corrected chi connectivity index (χ0v) is 17.0. The van der Waals surface area contributed by atoms with Crippen LogP contribution in [0.3, 0.4) is 0 Å². The summed E-state index contributed by atoms with van der Waals surface area (Å²) in [6.07, 6.45) is -0.0291. The number of nitrogens with zero attached hydrogens (tertiary/aromatic N) is 3. The first kappa shape index (κ1) is 20.0. The number of amides is 1. The quantitative estimate of drug-likeness (QED) is 0.795. The topological polar surface area (TPSA) is 85.6 Å². The van der Waals surface area contributed by atoms with Gasteiger partial charge in [0.25, 0.3) is 5.91 Å². The summed E-state index contributed by atoms with van der Waals surface area (Å²) in [6, 6.07) is 17.6. The van der Waals surface area contributed by atoms with Crippen LogP contribution in [0, 0.1) is 0 Å². The minimum Gasteiger partial charge on any atom is -0.507 e. The van der Waals surface area contributed by atoms with Crippen LogP contribution < -0.4 is 4.74 Å². The Morgan fingerprint density at radius 1 is 1.17 bits per heavy atom. The summed E-state index contributed by atoms with van der Waals surface area (Å²) in [6.45, 7) is 2.81. The lowest BCUT2D eigenvalue weighted by Crippen LogP contribution is -2.56. The molecule has 1 saturated heterocycles. The molecule has 2 N–H and O–H groups in total. The van der Waals surface area contributed by atoms with Gasteiger partial charge in [0.05, 0.1) is 19.4 Å². The lowest BCUT2D eigenvalue weighted by molar-refractivity contribution is -0.134. The summed E-state index contributed by atoms with van der Waals surface area (Å²) in [5, 5.41) is 26.5. The molecule has 1 fully saturated rings. The van der Waals surface area contributed by atoms with Gasteiger partial charge in [-0.05, 0) is 30.2 Å². The van der Waals surface area contributed by atoms with E-state index in [4.69, 9.17) is 4.74 Å². The Balaban J connectivity index is 1.87. The van der Waals surface area contributed by atoms with E-state index in [0.717, 1.165) is 16.9 Å². The first-order chi connectivity index (χ1) is 14.5. The average molecular weight is 407 g/mol. The van der Waals surface area contributed by atoms with Crippen LogP contribution in [-0.2, 0) is 4.79 Å². The zero-order valence-electron chi connectivity index (χ0n) is 17.0. The predicted octanol–water partition coefficient (Wildman–Crippen LogP) is 2.49. The summed E-state index contributed by atoms with van der Waals surface area (Å²) in [4.78, 5) is 14.6. The second-order valence-corrected chi connectivity index (χ2v) is 7.36. The second kappa shape index (κ2) is 8.20. The first-order valence-electron chi connectivity index (χ1n) is 9.97. The van der Waals surface area contributed by atoms with Crippen molar-refractivity contribution in [3.63, 3.8) is 0 Å². The molecular formula is C23H25N3O4. The standard InChI is InChI=1S/C23H25N3O4/c1-3-25-14-18(26-21(23(25)29)22(28)19(27)13-24-26)20(15-8-5-4-6-9-15)16-10-7-11-17(12-16)30-2/h4-13,18-20,27-28H,3,14H2,1-2H3. The SMILES string of the molecule is CCN1CC(C(c2ccccc2)c2cccc(OC)c2)N2N=CC(O)C(O)=C2C1=O. The molecule has 0 radical (unpaired) electrons. The highest BCUT2D eigenvalue weighted by Crippen LogP contribution is 2.38. The Kier molecular flexibility index (Phi) is 5.46. The summed E-state index contributed by atoms with van der Waals surface area (Å²) in [5.41, 5.74) is 2.10. The molecule has 30 heavy (non-hydrogen) atoms. The number of rotatable bonds is 5. The predicted molar refractivity (Wildman–Crippen MR) is 113 cm³/mol. The highest BCUT2D eigenvalue weighted by atomic mass is 16.5. The molecule has 2 aliphatic heterocycles. The third-order valence-corrected chi connectivity index (χ3v) is 5.67. The van der Waals surface area contributed by atoms with Crippen LogP contribution in [-0.4, -0.2) is 64.6 Å². The van der Waals surface area contributed by atoms with E-state index in [1.807, 2.05) is 61.5 Å². The van der Waals surface area contributed by atoms with Crippen LogP contribution >= 0.6 is 0 Å². The van der Waals surface area contributed by atoms with E-state index < -0.39 is 6.10 Å². The van der Waals surface area contributed by atoms with Crippen molar-refractivity contribution < 1.29 is 19.7 Å². The largest absolute Gasteiger partial charge is 0.507 e. The van der Waals surface area contributed by atoms with Gasteiger partial charge in [-0.2, -0.15) is 5.10 Å². The monoisotopic (exact) mass is 407 g/mol. The molecule has 3 unspecified atom stereocenters. The van der Waals surface area contributed by atoms with Crippen molar-refractivity contribution in [3.8, 4) is 5.75 Å². The summed E-state index contributed by atoms with van der Waals surface area (Å²) in [5.74, 6) is -0.113. The fourth-order valence-electron chi connectivity index (χ4n) is 4.17. The van der Waals surface area contributed by atoms with Gasteiger partial charge in [0.15, 0.2) is 11.5 Å². The highest BCUT2D eigenvalue weighted by molar-refractivity contribution is 5.96. The average Bonchev–Trinajstić information content (AvgIpc) is 2.78. The van der Waals surface area contributed by atoms with Gasteiger partial charge in [0.2, 0.25) is 0 Å². The fraction of sp³-hybridized carbons (Fsp3) is 0.304. The first-order valence-corrected chi connectivity index (χ1v) is 9.97. The molecule has 3 atom stereocenters. The van der Waals surface area contributed by atoms with Gasteiger partial charge in [0, 0.05) is 19.0 Å². The maximum absolute atomic E-state index is 12.9. The molecule has 7 heteroatoms. The molecule has 2 aromatic carbocycles. The van der Waals surface area contributed by atoms with Crippen LogP contribution in [0.4, 0.5) is 0 Å². The highest BCUT2D eigenvalue weighted by Gasteiger charge is 2.44. The molecule has 0 spiro atoms. The van der Waals surface area contributed by atoms with Crippen molar-refractivity contribution >= 4 is 12.1 Å². The Morgan fingerprint density at radius 2 is 1.90 bits per heavy atom. The number of benzene rings is 2. The van der Waals surface area contributed by atoms with E-state index >= 15 is 0 Å². The number of aliphatic hydroxyl groups excluding tert-OH is 2. The lowest BCUT2D eigenvalue weighted by atomic mass is 9.83. The molecule has 0 saturated carbocycles. The second-order valence-electron chi connectivity index (χ2n) is 7.36. The van der Waals surface area contributed by atoms with Crippen LogP contribution in [0.15, 0.2) is 71.2 Å². The molecule has 2 aromatic rings. The van der Waals surface area contributed by atoms with Crippen LogP contribution in [0.1, 0.15) is 24.0 Å². The molecule has 0 aromatic heterocycles. The summed E-state index contributed by atoms with van der Waals surface area (Å²) >= 11 is 0. The maximum Gasteiger partial charge on any atom is 0.275 e. The maximum atomic E-state index is 12.9. The minimum absolute atomic E-state index is 0.0342. The molecule has 156 valence electrons. The lowest BCUT2D eigenvalue weighted by Gasteiger charge is -2.45. The number of fused-ring (bicyclic) bond motifs is 1. The van der Waals surface area contributed by atoms with Crippen molar-refractivity contribution in [2.45, 2.75) is 25.0 Å². The van der Waals surface area contributed by atoms with Crippen molar-refractivity contribution in [1.82, 2.24) is 9.91 Å². The molecule has 0 bridgehead atoms. The number of hydrazone groups is 1. The normalized spacial score (nSPS) is 22.2. The third kappa shape index (κ3) is 3.41. The number of ether oxygens (including phenoxy) is 1. The number of hydrogen-bond acceptors (Lipinski definition) is 6. The number of aliphatic hydroxyl groups is 2. The molecule has 2 aliphatic rings. The molecule has 4 rings (SSSR count). The van der Waals surface area contributed by atoms with Gasteiger partial charge >= 0.3 is 0 Å². The fourth-order valence-corrected chi connectivity index (χ4v) is 4.17. The molecular weight excluding hydrogens is 382 g/mol. The Bertz CT molecular complexity index is 989. The smallest absolute Gasteiger partial charge is 0.275 e. The van der Waals surface area contributed by atoms with E-state index in [1.165, 1.54) is 6.21 Å². The van der Waals surface area contributed by atoms with Gasteiger partial charge in [-0.1, -0.05) is 42.5 Å². The van der Waals surface area contributed by atoms with E-state index in [9.17, 15) is 15.0 Å². The zero-order chi connectivity index (χ0) is 21.3. The molecule has 1 amide bonds. The van der Waals surface area contributed by atoms with Crippen molar-refractivity contribution in [1.29, 1.82) is 0 Å². The van der Waals surface area contributed by atoms with Crippen molar-refractivity contribution in [2.75, 3.05) is 20.2 Å². The van der Waals surface area contributed by atoms with Crippen LogP contribution in [0.2, 0.25) is 0 Å². The van der Waals surface area contributed by atoms with E-state index in [-0.39, 0.29) is 29.3 Å². The Hall–Kier alpha value is -3.32. The number of carbonyl (C=O) groups is 1. The van der Waals surface area contributed by atoms with Gasteiger partial charge in [0.1, 0.15) is 11.9 Å². The van der Waals surface area contributed by atoms with Gasteiger partial charge in [-0.25, -0.2) is 0 Å². The number of likely N-dealkylation sites (N-methyl/N-ethyl adjacent to an activating group) is 1. The summed E-state index contributed by atoms with van der Waals surface area (Å²) in [7, 11) is 1.63. The minimum atomic E-state index is -1.29. The van der Waals surface area contributed by atoms with Crippen molar-refractivity contribution in [2.24, 2.45) is 5.10 Å². The molecule has 7 nitrogen and oxygen atoms in total. The number of carbonyl (C=O) groups excluding carboxylic acids is 1. The van der Waals surface area contributed by atoms with E-state index in [0.29, 0.717) is 13.1 Å². The third-order valence-electron chi connectivity index (χ3n) is 5.67. The van der Waals surface area contributed by atoms with Gasteiger partial charge < -0.3 is 19.8 Å². The van der Waals surface area contributed by atoms with Gasteiger partial charge in [-0.3, -0.25) is 9.80 Å². The van der Waals surface area contributed by atoms with Gasteiger partial charge in [-0.15, -0.1) is 0 Å². The number of hydrogen-bond donors (Lipinski definition) is 2. The summed E-state index contributed by atoms with van der Waals surface area (Å²) < 4.78 is 5.44. The molecule has 0 aliphatic carbocycles. The molecule has 2 heterocycles. The Labute approximate surface area is 175 Å². The van der Waals surface area contributed by atoms with E-state index in [2.05, 4.69) is 5.10 Å². The number of methoxy groups -OCH3 is 1. The van der Waals surface area contributed by atoms with Crippen LogP contribution in [0.5, 0.6) is 5.75 Å². The van der Waals surface area contributed by atoms with E-state index in [1.54, 1.807) is 17.0 Å². The number of piperazine rings is 1.